The monoisotopic (exact) mass is 306 g/mol. The zero-order chi connectivity index (χ0) is 16.1. The van der Waals surface area contributed by atoms with E-state index in [-0.39, 0.29) is 17.6 Å². The molecule has 3 atom stereocenters. The van der Waals surface area contributed by atoms with Crippen LogP contribution in [0, 0.1) is 16.0 Å². The fourth-order valence-corrected chi connectivity index (χ4v) is 2.73. The second-order valence-electron chi connectivity index (χ2n) is 5.89. The summed E-state index contributed by atoms with van der Waals surface area (Å²) in [5.74, 6) is 0.798. The average Bonchev–Trinajstić information content (AvgIpc) is 2.50. The number of benzene rings is 1. The first-order valence-electron chi connectivity index (χ1n) is 7.69. The van der Waals surface area contributed by atoms with Crippen LogP contribution in [0.2, 0.25) is 0 Å². The van der Waals surface area contributed by atoms with Gasteiger partial charge in [-0.2, -0.15) is 0 Å². The van der Waals surface area contributed by atoms with E-state index < -0.39 is 11.0 Å². The van der Waals surface area contributed by atoms with Crippen LogP contribution in [0.3, 0.4) is 0 Å². The number of ether oxygens (including phenoxy) is 1. The van der Waals surface area contributed by atoms with Crippen LogP contribution in [0.1, 0.15) is 39.5 Å². The molecular weight excluding hydrogens is 284 g/mol. The Morgan fingerprint density at radius 2 is 1.95 bits per heavy atom. The van der Waals surface area contributed by atoms with Crippen molar-refractivity contribution < 1.29 is 14.5 Å². The quantitative estimate of drug-likeness (QED) is 0.669. The second kappa shape index (κ2) is 7.24. The Hall–Kier alpha value is -2.11. The summed E-state index contributed by atoms with van der Waals surface area (Å²) in [6.07, 6.45) is 3.89. The molecule has 1 aromatic carbocycles. The molecule has 0 radical (unpaired) electrons. The number of nitro benzene ring substituents is 1. The molecule has 1 aromatic rings. The van der Waals surface area contributed by atoms with Gasteiger partial charge in [-0.15, -0.1) is 0 Å². The number of hydrogen-bond acceptors (Lipinski definition) is 4. The lowest BCUT2D eigenvalue weighted by Crippen LogP contribution is -2.46. The van der Waals surface area contributed by atoms with Crippen molar-refractivity contribution >= 4 is 11.6 Å². The number of hydrogen-bond donors (Lipinski definition) is 1. The molecule has 6 nitrogen and oxygen atoms in total. The third kappa shape index (κ3) is 4.19. The van der Waals surface area contributed by atoms with Crippen LogP contribution < -0.4 is 10.1 Å². The third-order valence-electron chi connectivity index (χ3n) is 4.17. The number of amides is 1. The summed E-state index contributed by atoms with van der Waals surface area (Å²) in [5.41, 5.74) is 0.000449. The fourth-order valence-electron chi connectivity index (χ4n) is 2.73. The molecule has 1 aliphatic rings. The fraction of sp³-hybridized carbons (Fsp3) is 0.562. The predicted octanol–water partition coefficient (Wildman–Crippen LogP) is 3.06. The van der Waals surface area contributed by atoms with Crippen molar-refractivity contribution in [2.45, 2.75) is 51.7 Å². The molecule has 0 heterocycles. The second-order valence-corrected chi connectivity index (χ2v) is 5.89. The molecule has 0 spiro atoms. The molecule has 22 heavy (non-hydrogen) atoms. The summed E-state index contributed by atoms with van der Waals surface area (Å²) in [7, 11) is 0. The Balaban J connectivity index is 1.89. The average molecular weight is 306 g/mol. The summed E-state index contributed by atoms with van der Waals surface area (Å²) in [6, 6.07) is 5.95. The van der Waals surface area contributed by atoms with Gasteiger partial charge in [-0.3, -0.25) is 14.9 Å². The number of carbonyl (C=O) groups is 1. The zero-order valence-electron chi connectivity index (χ0n) is 13.0. The predicted molar refractivity (Wildman–Crippen MR) is 82.7 cm³/mol. The summed E-state index contributed by atoms with van der Waals surface area (Å²) in [6.45, 7) is 3.84. The van der Waals surface area contributed by atoms with Crippen molar-refractivity contribution in [3.63, 3.8) is 0 Å². The lowest BCUT2D eigenvalue weighted by Gasteiger charge is -2.30. The molecule has 0 aromatic heterocycles. The number of nitrogens with one attached hydrogen (secondary N) is 1. The highest BCUT2D eigenvalue weighted by Gasteiger charge is 2.25. The normalized spacial score (nSPS) is 22.6. The first-order chi connectivity index (χ1) is 10.5. The lowest BCUT2D eigenvalue weighted by molar-refractivity contribution is -0.384. The van der Waals surface area contributed by atoms with Crippen LogP contribution >= 0.6 is 0 Å². The number of non-ortho nitro benzene ring substituents is 1. The van der Waals surface area contributed by atoms with Gasteiger partial charge in [0.05, 0.1) is 4.92 Å². The molecular formula is C16H22N2O4. The molecule has 2 rings (SSSR count). The van der Waals surface area contributed by atoms with Gasteiger partial charge in [-0.05, 0) is 37.8 Å². The zero-order valence-corrected chi connectivity index (χ0v) is 13.0. The third-order valence-corrected chi connectivity index (χ3v) is 4.17. The smallest absolute Gasteiger partial charge is 0.269 e. The van der Waals surface area contributed by atoms with Crippen LogP contribution in [0.4, 0.5) is 5.69 Å². The minimum atomic E-state index is -0.629. The Bertz CT molecular complexity index is 529. The van der Waals surface area contributed by atoms with E-state index in [4.69, 9.17) is 4.74 Å². The van der Waals surface area contributed by atoms with Crippen LogP contribution in [0.5, 0.6) is 5.75 Å². The van der Waals surface area contributed by atoms with Crippen molar-refractivity contribution in [2.24, 2.45) is 5.92 Å². The molecule has 0 unspecified atom stereocenters. The summed E-state index contributed by atoms with van der Waals surface area (Å²) < 4.78 is 5.55. The minimum absolute atomic E-state index is 0.000449. The Morgan fingerprint density at radius 3 is 2.55 bits per heavy atom. The molecule has 1 saturated carbocycles. The van der Waals surface area contributed by atoms with Gasteiger partial charge in [0.25, 0.3) is 11.6 Å². The van der Waals surface area contributed by atoms with Gasteiger partial charge in [0.2, 0.25) is 0 Å². The molecule has 0 saturated heterocycles. The molecule has 120 valence electrons. The van der Waals surface area contributed by atoms with Gasteiger partial charge >= 0.3 is 0 Å². The summed E-state index contributed by atoms with van der Waals surface area (Å²) in [4.78, 5) is 22.3. The van der Waals surface area contributed by atoms with Crippen LogP contribution in [-0.2, 0) is 4.79 Å². The van der Waals surface area contributed by atoms with E-state index in [2.05, 4.69) is 12.2 Å². The van der Waals surface area contributed by atoms with Crippen LogP contribution in [0.15, 0.2) is 24.3 Å². The SMILES string of the molecule is C[C@@H](Oc1ccc([N+](=O)[O-])cc1)C(=O)N[C@H]1CCCC[C@@H]1C. The highest BCUT2D eigenvalue weighted by molar-refractivity contribution is 5.81. The molecule has 1 N–H and O–H groups in total. The lowest BCUT2D eigenvalue weighted by atomic mass is 9.86. The standard InChI is InChI=1S/C16H22N2O4/c1-11-5-3-4-6-15(11)17-16(19)12(2)22-14-9-7-13(8-10-14)18(20)21/h7-12,15H,3-6H2,1-2H3,(H,17,19)/t11-,12+,15-/m0/s1. The van der Waals surface area contributed by atoms with E-state index in [1.807, 2.05) is 0 Å². The Labute approximate surface area is 130 Å². The van der Waals surface area contributed by atoms with Crippen molar-refractivity contribution in [3.8, 4) is 5.75 Å². The number of nitrogens with zero attached hydrogens (tertiary/aromatic N) is 1. The first kappa shape index (κ1) is 16.3. The van der Waals surface area contributed by atoms with Gasteiger partial charge in [0, 0.05) is 18.2 Å². The first-order valence-corrected chi connectivity index (χ1v) is 7.69. The largest absolute Gasteiger partial charge is 0.481 e. The number of rotatable bonds is 5. The van der Waals surface area contributed by atoms with Gasteiger partial charge in [0.15, 0.2) is 6.10 Å². The van der Waals surface area contributed by atoms with Crippen molar-refractivity contribution in [1.82, 2.24) is 5.32 Å². The van der Waals surface area contributed by atoms with Gasteiger partial charge in [0.1, 0.15) is 5.75 Å². The maximum Gasteiger partial charge on any atom is 0.269 e. The van der Waals surface area contributed by atoms with E-state index in [9.17, 15) is 14.9 Å². The minimum Gasteiger partial charge on any atom is -0.481 e. The van der Waals surface area contributed by atoms with E-state index in [1.54, 1.807) is 6.92 Å². The van der Waals surface area contributed by atoms with E-state index in [0.717, 1.165) is 19.3 Å². The molecule has 1 amide bonds. The molecule has 6 heteroatoms. The number of nitro groups is 1. The van der Waals surface area contributed by atoms with Crippen molar-refractivity contribution in [2.75, 3.05) is 0 Å². The molecule has 0 aliphatic heterocycles. The molecule has 1 aliphatic carbocycles. The highest BCUT2D eigenvalue weighted by Crippen LogP contribution is 2.24. The van der Waals surface area contributed by atoms with E-state index >= 15 is 0 Å². The maximum atomic E-state index is 12.2. The van der Waals surface area contributed by atoms with E-state index in [1.165, 1.54) is 30.7 Å². The molecule has 0 bridgehead atoms. The highest BCUT2D eigenvalue weighted by atomic mass is 16.6. The van der Waals surface area contributed by atoms with Gasteiger partial charge < -0.3 is 10.1 Å². The van der Waals surface area contributed by atoms with Crippen LogP contribution in [0.25, 0.3) is 0 Å². The maximum absolute atomic E-state index is 12.2. The van der Waals surface area contributed by atoms with Crippen molar-refractivity contribution in [3.05, 3.63) is 34.4 Å². The summed E-state index contributed by atoms with van der Waals surface area (Å²) >= 11 is 0. The molecule has 1 fully saturated rings. The Kier molecular flexibility index (Phi) is 5.35. The number of carbonyl (C=O) groups excluding carboxylic acids is 1. The van der Waals surface area contributed by atoms with Gasteiger partial charge in [-0.25, -0.2) is 0 Å². The Morgan fingerprint density at radius 1 is 1.32 bits per heavy atom. The van der Waals surface area contributed by atoms with E-state index in [0.29, 0.717) is 11.7 Å². The van der Waals surface area contributed by atoms with Gasteiger partial charge in [-0.1, -0.05) is 19.8 Å². The van der Waals surface area contributed by atoms with Crippen LogP contribution in [-0.4, -0.2) is 23.0 Å². The summed E-state index contributed by atoms with van der Waals surface area (Å²) in [5, 5.41) is 13.6. The van der Waals surface area contributed by atoms with Crippen molar-refractivity contribution in [1.29, 1.82) is 0 Å². The topological polar surface area (TPSA) is 81.5 Å².